The topological polar surface area (TPSA) is 26.0 Å². The van der Waals surface area contributed by atoms with Gasteiger partial charge in [0.05, 0.1) is 0 Å². The Bertz CT molecular complexity index is 107. The van der Waals surface area contributed by atoms with Crippen molar-refractivity contribution in [2.24, 2.45) is 11.1 Å². The third kappa shape index (κ3) is 23.6. The number of nitrogens with two attached hydrogens (primary N) is 1. The minimum atomic E-state index is 0.425. The van der Waals surface area contributed by atoms with Gasteiger partial charge in [-0.3, -0.25) is 0 Å². The van der Waals surface area contributed by atoms with Crippen LogP contribution in [0.1, 0.15) is 86.0 Å². The number of rotatable bonds is 7. The fraction of sp³-hybridized carbons (Fsp3) is 1.00. The van der Waals surface area contributed by atoms with Gasteiger partial charge in [-0.05, 0) is 18.4 Å². The first-order chi connectivity index (χ1) is 7.47. The molecule has 16 heavy (non-hydrogen) atoms. The Hall–Kier alpha value is -0.0400. The summed E-state index contributed by atoms with van der Waals surface area (Å²) < 4.78 is 0. The highest BCUT2D eigenvalue weighted by atomic mass is 14.5. The molecule has 0 aromatic rings. The molecule has 0 aliphatic heterocycles. The molecule has 0 heterocycles. The van der Waals surface area contributed by atoms with Gasteiger partial charge >= 0.3 is 0 Å². The Balaban J connectivity index is 0. The van der Waals surface area contributed by atoms with Crippen molar-refractivity contribution in [2.45, 2.75) is 86.0 Å². The molecule has 0 saturated carbocycles. The zero-order valence-electron chi connectivity index (χ0n) is 12.4. The summed E-state index contributed by atoms with van der Waals surface area (Å²) >= 11 is 0. The van der Waals surface area contributed by atoms with Crippen LogP contribution in [0.5, 0.6) is 0 Å². The van der Waals surface area contributed by atoms with Crippen LogP contribution >= 0.6 is 0 Å². The van der Waals surface area contributed by atoms with Gasteiger partial charge in [0, 0.05) is 0 Å². The van der Waals surface area contributed by atoms with E-state index < -0.39 is 0 Å². The second-order valence-electron chi connectivity index (χ2n) is 5.87. The average molecular weight is 229 g/mol. The zero-order chi connectivity index (χ0) is 12.9. The van der Waals surface area contributed by atoms with Crippen LogP contribution in [-0.2, 0) is 0 Å². The minimum absolute atomic E-state index is 0.425. The van der Waals surface area contributed by atoms with Crippen LogP contribution in [0, 0.1) is 5.41 Å². The molecule has 0 unspecified atom stereocenters. The molecule has 0 spiro atoms. The molecule has 1 heteroatoms. The summed E-state index contributed by atoms with van der Waals surface area (Å²) in [6, 6.07) is 0. The quantitative estimate of drug-likeness (QED) is 0.601. The van der Waals surface area contributed by atoms with Crippen molar-refractivity contribution in [3.05, 3.63) is 0 Å². The van der Waals surface area contributed by atoms with Crippen molar-refractivity contribution in [1.82, 2.24) is 0 Å². The van der Waals surface area contributed by atoms with E-state index in [1.807, 2.05) is 0 Å². The second-order valence-corrected chi connectivity index (χ2v) is 5.87. The molecule has 100 valence electrons. The number of hydrogen-bond acceptors (Lipinski definition) is 1. The summed E-state index contributed by atoms with van der Waals surface area (Å²) in [5, 5.41) is 0. The molecule has 0 aliphatic carbocycles. The van der Waals surface area contributed by atoms with E-state index in [0.29, 0.717) is 5.41 Å². The van der Waals surface area contributed by atoms with E-state index in [1.54, 1.807) is 0 Å². The van der Waals surface area contributed by atoms with Crippen molar-refractivity contribution in [3.63, 3.8) is 0 Å². The molecule has 0 aromatic carbocycles. The Morgan fingerprint density at radius 2 is 1.12 bits per heavy atom. The molecular weight excluding hydrogens is 194 g/mol. The molecule has 0 fully saturated rings. The summed E-state index contributed by atoms with van der Waals surface area (Å²) in [5.41, 5.74) is 5.74. The Morgan fingerprint density at radius 3 is 1.31 bits per heavy atom. The highest BCUT2D eigenvalue weighted by Crippen LogP contribution is 2.16. The first-order valence-corrected chi connectivity index (χ1v) is 7.18. The van der Waals surface area contributed by atoms with E-state index in [9.17, 15) is 0 Å². The van der Waals surface area contributed by atoms with E-state index >= 15 is 0 Å². The lowest BCUT2D eigenvalue weighted by Crippen LogP contribution is -2.12. The summed E-state index contributed by atoms with van der Waals surface area (Å²) in [7, 11) is 0. The lowest BCUT2D eigenvalue weighted by atomic mass is 9.93. The van der Waals surface area contributed by atoms with Gasteiger partial charge in [0.1, 0.15) is 0 Å². The van der Waals surface area contributed by atoms with E-state index in [-0.39, 0.29) is 0 Å². The van der Waals surface area contributed by atoms with Crippen molar-refractivity contribution < 1.29 is 0 Å². The maximum Gasteiger partial charge on any atom is -0.00723 e. The maximum absolute atomic E-state index is 5.31. The monoisotopic (exact) mass is 229 g/mol. The molecule has 0 radical (unpaired) electrons. The molecule has 0 rings (SSSR count). The molecule has 1 nitrogen and oxygen atoms in total. The fourth-order valence-corrected chi connectivity index (χ4v) is 1.46. The van der Waals surface area contributed by atoms with Crippen LogP contribution in [0.25, 0.3) is 0 Å². The minimum Gasteiger partial charge on any atom is -0.330 e. The average Bonchev–Trinajstić information content (AvgIpc) is 2.17. The van der Waals surface area contributed by atoms with Crippen molar-refractivity contribution >= 4 is 0 Å². The first-order valence-electron chi connectivity index (χ1n) is 7.18. The lowest BCUT2D eigenvalue weighted by Gasteiger charge is -2.15. The predicted octanol–water partition coefficient (Wildman–Crippen LogP) is 5.14. The Morgan fingerprint density at radius 1 is 0.750 bits per heavy atom. The lowest BCUT2D eigenvalue weighted by molar-refractivity contribution is 0.385. The van der Waals surface area contributed by atoms with Crippen LogP contribution in [0.2, 0.25) is 0 Å². The maximum atomic E-state index is 5.31. The van der Waals surface area contributed by atoms with Gasteiger partial charge in [0.25, 0.3) is 0 Å². The summed E-state index contributed by atoms with van der Waals surface area (Å²) in [5.74, 6) is 0. The third-order valence-electron chi connectivity index (χ3n) is 2.60. The predicted molar refractivity (Wildman–Crippen MR) is 76.8 cm³/mol. The van der Waals surface area contributed by atoms with E-state index in [0.717, 1.165) is 13.0 Å². The Labute approximate surface area is 104 Å². The van der Waals surface area contributed by atoms with Crippen LogP contribution in [0.15, 0.2) is 0 Å². The molecular formula is C15H35N. The van der Waals surface area contributed by atoms with Crippen LogP contribution in [0.4, 0.5) is 0 Å². The summed E-state index contributed by atoms with van der Waals surface area (Å²) in [6.45, 7) is 11.9. The number of unbranched alkanes of at least 4 members (excludes halogenated alkanes) is 6. The smallest absolute Gasteiger partial charge is 0.00723 e. The van der Waals surface area contributed by atoms with E-state index in [1.165, 1.54) is 44.9 Å². The standard InChI is InChI=1S/C9H20.C6H15N/c1-3-5-7-9-8-6-4-2;1-6(2,3)4-5-7/h3-9H2,1-2H3;4-5,7H2,1-3H3. The Kier molecular flexibility index (Phi) is 14.9. The van der Waals surface area contributed by atoms with Crippen LogP contribution < -0.4 is 5.73 Å². The van der Waals surface area contributed by atoms with E-state index in [2.05, 4.69) is 34.6 Å². The third-order valence-corrected chi connectivity index (χ3v) is 2.60. The van der Waals surface area contributed by atoms with Gasteiger partial charge in [0.15, 0.2) is 0 Å². The van der Waals surface area contributed by atoms with Crippen molar-refractivity contribution in [1.29, 1.82) is 0 Å². The molecule has 0 amide bonds. The summed E-state index contributed by atoms with van der Waals surface area (Å²) in [4.78, 5) is 0. The van der Waals surface area contributed by atoms with Gasteiger partial charge in [-0.25, -0.2) is 0 Å². The normalized spacial score (nSPS) is 10.9. The highest BCUT2D eigenvalue weighted by Gasteiger charge is 2.06. The van der Waals surface area contributed by atoms with Gasteiger partial charge < -0.3 is 5.73 Å². The SMILES string of the molecule is CC(C)(C)CCN.CCCCCCCCC. The zero-order valence-corrected chi connectivity index (χ0v) is 12.4. The van der Waals surface area contributed by atoms with Crippen LogP contribution in [0.3, 0.4) is 0 Å². The van der Waals surface area contributed by atoms with Gasteiger partial charge in [0.2, 0.25) is 0 Å². The van der Waals surface area contributed by atoms with Gasteiger partial charge in [-0.15, -0.1) is 0 Å². The van der Waals surface area contributed by atoms with Crippen molar-refractivity contribution in [3.8, 4) is 0 Å². The largest absolute Gasteiger partial charge is 0.330 e. The summed E-state index contributed by atoms with van der Waals surface area (Å²) in [6.07, 6.45) is 11.1. The van der Waals surface area contributed by atoms with Crippen LogP contribution in [-0.4, -0.2) is 6.54 Å². The fourth-order valence-electron chi connectivity index (χ4n) is 1.46. The molecule has 2 N–H and O–H groups in total. The molecule has 0 aliphatic rings. The molecule has 0 saturated heterocycles. The molecule has 0 bridgehead atoms. The van der Waals surface area contributed by atoms with Gasteiger partial charge in [-0.2, -0.15) is 0 Å². The molecule has 0 atom stereocenters. The highest BCUT2D eigenvalue weighted by molar-refractivity contribution is 4.60. The molecule has 0 aromatic heterocycles. The van der Waals surface area contributed by atoms with Gasteiger partial charge in [-0.1, -0.05) is 79.6 Å². The first kappa shape index (κ1) is 18.3. The second kappa shape index (κ2) is 13.0. The van der Waals surface area contributed by atoms with E-state index in [4.69, 9.17) is 5.73 Å². The van der Waals surface area contributed by atoms with Crippen molar-refractivity contribution in [2.75, 3.05) is 6.54 Å². The number of hydrogen-bond donors (Lipinski definition) is 1.